The maximum atomic E-state index is 5.40. The third-order valence-electron chi connectivity index (χ3n) is 3.38. The van der Waals surface area contributed by atoms with Crippen LogP contribution in [0.25, 0.3) is 0 Å². The maximum Gasteiger partial charge on any atom is 0.137 e. The molecule has 0 unspecified atom stereocenters. The SMILES string of the molecule is CC(C)CNC1(Cc2cc(CC(C)C)on2)COC1. The molecule has 1 aliphatic heterocycles. The van der Waals surface area contributed by atoms with Crippen molar-refractivity contribution in [3.63, 3.8) is 0 Å². The Hall–Kier alpha value is -0.870. The van der Waals surface area contributed by atoms with Gasteiger partial charge in [-0.05, 0) is 18.4 Å². The summed E-state index contributed by atoms with van der Waals surface area (Å²) in [7, 11) is 0. The minimum absolute atomic E-state index is 0.0657. The molecule has 0 amide bonds. The first-order valence-electron chi connectivity index (χ1n) is 7.26. The van der Waals surface area contributed by atoms with E-state index in [1.54, 1.807) is 0 Å². The van der Waals surface area contributed by atoms with E-state index in [0.29, 0.717) is 11.8 Å². The van der Waals surface area contributed by atoms with E-state index in [9.17, 15) is 0 Å². The molecule has 1 aromatic rings. The number of ether oxygens (including phenoxy) is 1. The fourth-order valence-electron chi connectivity index (χ4n) is 2.32. The molecule has 1 saturated heterocycles. The summed E-state index contributed by atoms with van der Waals surface area (Å²) >= 11 is 0. The zero-order valence-corrected chi connectivity index (χ0v) is 12.5. The summed E-state index contributed by atoms with van der Waals surface area (Å²) in [5, 5.41) is 7.82. The molecule has 1 N–H and O–H groups in total. The molecule has 2 heterocycles. The van der Waals surface area contributed by atoms with E-state index in [1.807, 2.05) is 0 Å². The molecule has 1 aromatic heterocycles. The highest BCUT2D eigenvalue weighted by Gasteiger charge is 2.39. The second-order valence-electron chi connectivity index (χ2n) is 6.61. The van der Waals surface area contributed by atoms with Gasteiger partial charge in [0.05, 0.1) is 24.4 Å². The van der Waals surface area contributed by atoms with E-state index in [-0.39, 0.29) is 5.54 Å². The quantitative estimate of drug-likeness (QED) is 0.823. The van der Waals surface area contributed by atoms with Crippen LogP contribution in [0.5, 0.6) is 0 Å². The highest BCUT2D eigenvalue weighted by Crippen LogP contribution is 2.23. The van der Waals surface area contributed by atoms with E-state index < -0.39 is 0 Å². The van der Waals surface area contributed by atoms with Gasteiger partial charge in [-0.15, -0.1) is 0 Å². The first-order valence-corrected chi connectivity index (χ1v) is 7.26. The van der Waals surface area contributed by atoms with Crippen molar-refractivity contribution in [2.75, 3.05) is 19.8 Å². The number of hydrogen-bond acceptors (Lipinski definition) is 4. The van der Waals surface area contributed by atoms with Gasteiger partial charge in [0.1, 0.15) is 5.76 Å². The van der Waals surface area contributed by atoms with Gasteiger partial charge >= 0.3 is 0 Å². The summed E-state index contributed by atoms with van der Waals surface area (Å²) < 4.78 is 10.8. The fourth-order valence-corrected chi connectivity index (χ4v) is 2.32. The highest BCUT2D eigenvalue weighted by atomic mass is 16.5. The monoisotopic (exact) mass is 266 g/mol. The number of hydrogen-bond donors (Lipinski definition) is 1. The number of nitrogens with one attached hydrogen (secondary N) is 1. The summed E-state index contributed by atoms with van der Waals surface area (Å²) in [6.07, 6.45) is 1.84. The third kappa shape index (κ3) is 4.05. The molecule has 108 valence electrons. The Morgan fingerprint density at radius 2 is 2.00 bits per heavy atom. The fraction of sp³-hybridized carbons (Fsp3) is 0.800. The Balaban J connectivity index is 1.92. The van der Waals surface area contributed by atoms with Crippen molar-refractivity contribution in [1.29, 1.82) is 0 Å². The zero-order chi connectivity index (χ0) is 13.9. The Kier molecular flexibility index (Phi) is 4.63. The lowest BCUT2D eigenvalue weighted by Gasteiger charge is -2.42. The van der Waals surface area contributed by atoms with Gasteiger partial charge in [-0.3, -0.25) is 0 Å². The van der Waals surface area contributed by atoms with Gasteiger partial charge in [0.2, 0.25) is 0 Å². The topological polar surface area (TPSA) is 47.3 Å². The summed E-state index contributed by atoms with van der Waals surface area (Å²) in [4.78, 5) is 0. The van der Waals surface area contributed by atoms with Gasteiger partial charge in [0.15, 0.2) is 0 Å². The van der Waals surface area contributed by atoms with E-state index in [0.717, 1.165) is 44.1 Å². The van der Waals surface area contributed by atoms with Gasteiger partial charge in [-0.2, -0.15) is 0 Å². The molecule has 4 heteroatoms. The smallest absolute Gasteiger partial charge is 0.137 e. The minimum atomic E-state index is 0.0657. The van der Waals surface area contributed by atoms with Crippen molar-refractivity contribution >= 4 is 0 Å². The predicted molar refractivity (Wildman–Crippen MR) is 75.1 cm³/mol. The van der Waals surface area contributed by atoms with Crippen LogP contribution >= 0.6 is 0 Å². The second kappa shape index (κ2) is 6.06. The lowest BCUT2D eigenvalue weighted by Crippen LogP contribution is -2.62. The predicted octanol–water partition coefficient (Wildman–Crippen LogP) is 2.43. The van der Waals surface area contributed by atoms with Crippen molar-refractivity contribution < 1.29 is 9.26 Å². The van der Waals surface area contributed by atoms with Crippen molar-refractivity contribution in [3.8, 4) is 0 Å². The Bertz CT molecular complexity index is 395. The average molecular weight is 266 g/mol. The van der Waals surface area contributed by atoms with Gasteiger partial charge in [-0.25, -0.2) is 0 Å². The van der Waals surface area contributed by atoms with Crippen molar-refractivity contribution in [2.45, 2.75) is 46.1 Å². The standard InChI is InChI=1S/C15H26N2O2/c1-11(2)5-14-6-13(17-19-14)7-15(9-18-10-15)16-8-12(3)4/h6,11-12,16H,5,7-10H2,1-4H3. The van der Waals surface area contributed by atoms with Crippen LogP contribution in [0.3, 0.4) is 0 Å². The molecule has 0 spiro atoms. The first-order chi connectivity index (χ1) is 8.99. The zero-order valence-electron chi connectivity index (χ0n) is 12.5. The van der Waals surface area contributed by atoms with Gasteiger partial charge in [-0.1, -0.05) is 32.9 Å². The first kappa shape index (κ1) is 14.5. The van der Waals surface area contributed by atoms with E-state index in [1.165, 1.54) is 0 Å². The van der Waals surface area contributed by atoms with E-state index in [2.05, 4.69) is 44.2 Å². The summed E-state index contributed by atoms with van der Waals surface area (Å²) in [6.45, 7) is 11.4. The van der Waals surface area contributed by atoms with Gasteiger partial charge in [0, 0.05) is 18.9 Å². The van der Waals surface area contributed by atoms with Crippen LogP contribution in [0.4, 0.5) is 0 Å². The maximum absolute atomic E-state index is 5.40. The van der Waals surface area contributed by atoms with Crippen LogP contribution in [-0.2, 0) is 17.6 Å². The van der Waals surface area contributed by atoms with E-state index in [4.69, 9.17) is 9.26 Å². The molecule has 0 aromatic carbocycles. The van der Waals surface area contributed by atoms with Crippen LogP contribution in [0.2, 0.25) is 0 Å². The average Bonchev–Trinajstić information content (AvgIpc) is 2.68. The lowest BCUT2D eigenvalue weighted by atomic mass is 9.90. The van der Waals surface area contributed by atoms with Crippen LogP contribution in [-0.4, -0.2) is 30.5 Å². The molecule has 2 rings (SSSR count). The number of rotatable bonds is 7. The molecule has 0 bridgehead atoms. The lowest BCUT2D eigenvalue weighted by molar-refractivity contribution is -0.0755. The molecule has 0 atom stereocenters. The molecule has 4 nitrogen and oxygen atoms in total. The van der Waals surface area contributed by atoms with Crippen molar-refractivity contribution in [3.05, 3.63) is 17.5 Å². The van der Waals surface area contributed by atoms with Gasteiger partial charge < -0.3 is 14.6 Å². The number of aromatic nitrogens is 1. The largest absolute Gasteiger partial charge is 0.377 e. The molecule has 19 heavy (non-hydrogen) atoms. The molecule has 0 aliphatic carbocycles. The minimum Gasteiger partial charge on any atom is -0.377 e. The van der Waals surface area contributed by atoms with Crippen LogP contribution in [0, 0.1) is 11.8 Å². The Morgan fingerprint density at radius 1 is 1.26 bits per heavy atom. The van der Waals surface area contributed by atoms with E-state index >= 15 is 0 Å². The Labute approximate surface area is 115 Å². The van der Waals surface area contributed by atoms with Crippen molar-refractivity contribution in [2.24, 2.45) is 11.8 Å². The molecule has 0 saturated carbocycles. The number of nitrogens with zero attached hydrogens (tertiary/aromatic N) is 1. The third-order valence-corrected chi connectivity index (χ3v) is 3.38. The molecule has 1 fully saturated rings. The second-order valence-corrected chi connectivity index (χ2v) is 6.61. The summed E-state index contributed by atoms with van der Waals surface area (Å²) in [5.74, 6) is 2.23. The van der Waals surface area contributed by atoms with Crippen LogP contribution in [0.1, 0.15) is 39.1 Å². The molecular weight excluding hydrogens is 240 g/mol. The highest BCUT2D eigenvalue weighted by molar-refractivity contribution is 5.12. The van der Waals surface area contributed by atoms with Crippen molar-refractivity contribution in [1.82, 2.24) is 10.5 Å². The van der Waals surface area contributed by atoms with Crippen LogP contribution < -0.4 is 5.32 Å². The molecule has 0 radical (unpaired) electrons. The molecular formula is C15H26N2O2. The summed E-state index contributed by atoms with van der Waals surface area (Å²) in [6, 6.07) is 2.09. The van der Waals surface area contributed by atoms with Gasteiger partial charge in [0.25, 0.3) is 0 Å². The Morgan fingerprint density at radius 3 is 2.53 bits per heavy atom. The summed E-state index contributed by atoms with van der Waals surface area (Å²) in [5.41, 5.74) is 1.10. The van der Waals surface area contributed by atoms with Crippen LogP contribution in [0.15, 0.2) is 10.6 Å². The molecule has 1 aliphatic rings. The normalized spacial score (nSPS) is 18.0.